The van der Waals surface area contributed by atoms with E-state index in [0.717, 1.165) is 42.5 Å². The van der Waals surface area contributed by atoms with Crippen LogP contribution >= 0.6 is 24.0 Å². The normalized spacial score (nSPS) is 10.8. The van der Waals surface area contributed by atoms with E-state index in [0.29, 0.717) is 6.54 Å². The van der Waals surface area contributed by atoms with Gasteiger partial charge in [-0.3, -0.25) is 4.99 Å². The van der Waals surface area contributed by atoms with Gasteiger partial charge in [0.1, 0.15) is 11.5 Å². The summed E-state index contributed by atoms with van der Waals surface area (Å²) in [5, 5.41) is 3.35. The zero-order valence-electron chi connectivity index (χ0n) is 15.6. The molecule has 0 saturated heterocycles. The average Bonchev–Trinajstić information content (AvgIpc) is 2.58. The van der Waals surface area contributed by atoms with Crippen molar-refractivity contribution < 1.29 is 9.47 Å². The quantitative estimate of drug-likeness (QED) is 0.356. The van der Waals surface area contributed by atoms with Gasteiger partial charge in [-0.15, -0.1) is 24.0 Å². The van der Waals surface area contributed by atoms with Gasteiger partial charge in [0.2, 0.25) is 0 Å². The highest BCUT2D eigenvalue weighted by Gasteiger charge is 2.07. The van der Waals surface area contributed by atoms with Crippen molar-refractivity contribution in [1.29, 1.82) is 0 Å². The van der Waals surface area contributed by atoms with Crippen molar-refractivity contribution in [2.24, 2.45) is 4.99 Å². The van der Waals surface area contributed by atoms with Crippen LogP contribution in [0.15, 0.2) is 23.2 Å². The molecule has 0 spiro atoms. The molecule has 0 atom stereocenters. The van der Waals surface area contributed by atoms with Crippen LogP contribution in [0, 0.1) is 0 Å². The van der Waals surface area contributed by atoms with Crippen LogP contribution in [-0.2, 0) is 6.42 Å². The van der Waals surface area contributed by atoms with Gasteiger partial charge in [0.15, 0.2) is 5.96 Å². The summed E-state index contributed by atoms with van der Waals surface area (Å²) in [6.07, 6.45) is 3.17. The Morgan fingerprint density at radius 1 is 1.21 bits per heavy atom. The van der Waals surface area contributed by atoms with Gasteiger partial charge in [0.05, 0.1) is 14.2 Å². The fourth-order valence-electron chi connectivity index (χ4n) is 2.33. The number of benzene rings is 1. The van der Waals surface area contributed by atoms with Crippen molar-refractivity contribution in [2.75, 3.05) is 40.9 Å². The molecule has 0 aliphatic carbocycles. The van der Waals surface area contributed by atoms with E-state index in [1.807, 2.05) is 18.2 Å². The first-order chi connectivity index (χ1) is 11.2. The van der Waals surface area contributed by atoms with E-state index >= 15 is 0 Å². The number of methoxy groups -OCH3 is 2. The number of halogens is 1. The minimum atomic E-state index is 0. The lowest BCUT2D eigenvalue weighted by molar-refractivity contribution is 0.398. The number of hydrogen-bond acceptors (Lipinski definition) is 3. The highest BCUT2D eigenvalue weighted by molar-refractivity contribution is 14.0. The first kappa shape index (κ1) is 22.8. The van der Waals surface area contributed by atoms with Gasteiger partial charge in [0, 0.05) is 26.7 Å². The third-order valence-electron chi connectivity index (χ3n) is 3.67. The van der Waals surface area contributed by atoms with Crippen molar-refractivity contribution in [3.63, 3.8) is 0 Å². The second-order valence-electron chi connectivity index (χ2n) is 5.44. The van der Waals surface area contributed by atoms with Crippen molar-refractivity contribution in [3.8, 4) is 11.5 Å². The van der Waals surface area contributed by atoms with Crippen LogP contribution in [-0.4, -0.2) is 51.8 Å². The molecule has 6 heteroatoms. The molecular formula is C18H32IN3O2. The maximum Gasteiger partial charge on any atom is 0.193 e. The summed E-state index contributed by atoms with van der Waals surface area (Å²) in [6.45, 7) is 6.90. The zero-order chi connectivity index (χ0) is 17.1. The van der Waals surface area contributed by atoms with Crippen LogP contribution < -0.4 is 14.8 Å². The molecule has 1 aromatic rings. The molecule has 5 nitrogen and oxygen atoms in total. The summed E-state index contributed by atoms with van der Waals surface area (Å²) in [5.41, 5.74) is 1.11. The number of guanidine groups is 1. The van der Waals surface area contributed by atoms with E-state index in [1.54, 1.807) is 14.2 Å². The Bertz CT molecular complexity index is 495. The Morgan fingerprint density at radius 3 is 2.54 bits per heavy atom. The molecule has 138 valence electrons. The van der Waals surface area contributed by atoms with E-state index in [-0.39, 0.29) is 24.0 Å². The molecule has 0 amide bonds. The second kappa shape index (κ2) is 13.1. The number of aliphatic imine (C=N–C) groups is 1. The summed E-state index contributed by atoms with van der Waals surface area (Å²) in [4.78, 5) is 6.92. The predicted molar refractivity (Wildman–Crippen MR) is 112 cm³/mol. The maximum absolute atomic E-state index is 5.42. The van der Waals surface area contributed by atoms with E-state index < -0.39 is 0 Å². The molecule has 0 fully saturated rings. The summed E-state index contributed by atoms with van der Waals surface area (Å²) < 4.78 is 10.7. The standard InChI is InChI=1S/C18H31N3O2.HI/c1-6-8-13-21(3)18(19-7-2)20-12-11-15-14-16(22-4)9-10-17(15)23-5;/h9-10,14H,6-8,11-13H2,1-5H3,(H,19,20);1H. The summed E-state index contributed by atoms with van der Waals surface area (Å²) in [6, 6.07) is 5.87. The van der Waals surface area contributed by atoms with Crippen molar-refractivity contribution in [3.05, 3.63) is 23.8 Å². The van der Waals surface area contributed by atoms with Crippen LogP contribution in [0.4, 0.5) is 0 Å². The van der Waals surface area contributed by atoms with E-state index in [1.165, 1.54) is 12.8 Å². The third-order valence-corrected chi connectivity index (χ3v) is 3.67. The van der Waals surface area contributed by atoms with Gasteiger partial charge >= 0.3 is 0 Å². The zero-order valence-corrected chi connectivity index (χ0v) is 17.9. The fourth-order valence-corrected chi connectivity index (χ4v) is 2.33. The van der Waals surface area contributed by atoms with Gasteiger partial charge in [-0.05, 0) is 43.5 Å². The molecule has 0 unspecified atom stereocenters. The second-order valence-corrected chi connectivity index (χ2v) is 5.44. The van der Waals surface area contributed by atoms with E-state index in [9.17, 15) is 0 Å². The molecule has 1 aromatic carbocycles. The summed E-state index contributed by atoms with van der Waals surface area (Å²) in [5.74, 6) is 2.69. The molecule has 0 radical (unpaired) electrons. The monoisotopic (exact) mass is 449 g/mol. The van der Waals surface area contributed by atoms with E-state index in [4.69, 9.17) is 14.5 Å². The van der Waals surface area contributed by atoms with Gasteiger partial charge in [-0.25, -0.2) is 0 Å². The molecule has 0 aliphatic heterocycles. The maximum atomic E-state index is 5.42. The van der Waals surface area contributed by atoms with Crippen LogP contribution in [0.25, 0.3) is 0 Å². The molecular weight excluding hydrogens is 417 g/mol. The van der Waals surface area contributed by atoms with E-state index in [2.05, 4.69) is 31.1 Å². The Morgan fingerprint density at radius 2 is 1.96 bits per heavy atom. The first-order valence-corrected chi connectivity index (χ1v) is 8.36. The van der Waals surface area contributed by atoms with Crippen LogP contribution in [0.1, 0.15) is 32.3 Å². The smallest absolute Gasteiger partial charge is 0.193 e. The SMILES string of the molecule is CCCCN(C)C(=NCCc1cc(OC)ccc1OC)NCC.I. The number of nitrogens with zero attached hydrogens (tertiary/aromatic N) is 2. The average molecular weight is 449 g/mol. The number of unbranched alkanes of at least 4 members (excludes halogenated alkanes) is 1. The number of hydrogen-bond donors (Lipinski definition) is 1. The Labute approximate surface area is 163 Å². The van der Waals surface area contributed by atoms with Gasteiger partial charge in [0.25, 0.3) is 0 Å². The number of ether oxygens (including phenoxy) is 2. The summed E-state index contributed by atoms with van der Waals surface area (Å²) >= 11 is 0. The molecule has 0 aliphatic rings. The van der Waals surface area contributed by atoms with Crippen LogP contribution in [0.3, 0.4) is 0 Å². The molecule has 24 heavy (non-hydrogen) atoms. The Hall–Kier alpha value is -1.18. The first-order valence-electron chi connectivity index (χ1n) is 8.36. The molecule has 0 bridgehead atoms. The molecule has 0 saturated carbocycles. The van der Waals surface area contributed by atoms with Crippen LogP contribution in [0.5, 0.6) is 11.5 Å². The fraction of sp³-hybridized carbons (Fsp3) is 0.611. The highest BCUT2D eigenvalue weighted by Crippen LogP contribution is 2.24. The number of nitrogens with one attached hydrogen (secondary N) is 1. The minimum absolute atomic E-state index is 0. The Balaban J connectivity index is 0.00000529. The lowest BCUT2D eigenvalue weighted by atomic mass is 10.1. The molecule has 1 N–H and O–H groups in total. The minimum Gasteiger partial charge on any atom is -0.497 e. The predicted octanol–water partition coefficient (Wildman–Crippen LogP) is 3.56. The summed E-state index contributed by atoms with van der Waals surface area (Å²) in [7, 11) is 5.45. The molecule has 0 heterocycles. The van der Waals surface area contributed by atoms with Crippen molar-refractivity contribution in [2.45, 2.75) is 33.1 Å². The van der Waals surface area contributed by atoms with Gasteiger partial charge in [-0.2, -0.15) is 0 Å². The van der Waals surface area contributed by atoms with Crippen molar-refractivity contribution >= 4 is 29.9 Å². The van der Waals surface area contributed by atoms with Gasteiger partial charge < -0.3 is 19.7 Å². The third kappa shape index (κ3) is 7.59. The lowest BCUT2D eigenvalue weighted by Crippen LogP contribution is -2.39. The highest BCUT2D eigenvalue weighted by atomic mass is 127. The largest absolute Gasteiger partial charge is 0.497 e. The van der Waals surface area contributed by atoms with Gasteiger partial charge in [-0.1, -0.05) is 13.3 Å². The number of rotatable bonds is 9. The van der Waals surface area contributed by atoms with Crippen molar-refractivity contribution in [1.82, 2.24) is 10.2 Å². The van der Waals surface area contributed by atoms with Crippen LogP contribution in [0.2, 0.25) is 0 Å². The lowest BCUT2D eigenvalue weighted by Gasteiger charge is -2.21. The Kier molecular flexibility index (Phi) is 12.5. The molecule has 0 aromatic heterocycles. The molecule has 1 rings (SSSR count). The topological polar surface area (TPSA) is 46.1 Å².